The Labute approximate surface area is 137 Å². The normalized spacial score (nSPS) is 12.4. The van der Waals surface area contributed by atoms with Crippen LogP contribution in [0, 0.1) is 0 Å². The molecule has 0 amide bonds. The van der Waals surface area contributed by atoms with Gasteiger partial charge in [-0.1, -0.05) is 0 Å². The third-order valence-corrected chi connectivity index (χ3v) is 8.73. The van der Waals surface area contributed by atoms with Gasteiger partial charge in [0.15, 0.2) is 0 Å². The summed E-state index contributed by atoms with van der Waals surface area (Å²) in [6.45, 7) is 0. The summed E-state index contributed by atoms with van der Waals surface area (Å²) in [6, 6.07) is 12.6. The highest BCUT2D eigenvalue weighted by atomic mass is 32.1. The fourth-order valence-electron chi connectivity index (χ4n) is 2.36. The molecular formula is C16H8O2P2S2. The van der Waals surface area contributed by atoms with Gasteiger partial charge in [-0.05, 0) is 52.8 Å². The van der Waals surface area contributed by atoms with E-state index in [0.29, 0.717) is 0 Å². The zero-order valence-corrected chi connectivity index (χ0v) is 14.6. The molecule has 4 aromatic heterocycles. The molecule has 0 aliphatic heterocycles. The maximum Gasteiger partial charge on any atom is 0.148 e. The van der Waals surface area contributed by atoms with E-state index in [4.69, 9.17) is 8.83 Å². The lowest BCUT2D eigenvalue weighted by atomic mass is 10.4. The lowest BCUT2D eigenvalue weighted by molar-refractivity contribution is 0.584. The molecule has 0 aliphatic carbocycles. The van der Waals surface area contributed by atoms with Crippen molar-refractivity contribution in [1.29, 1.82) is 0 Å². The van der Waals surface area contributed by atoms with Crippen LogP contribution in [0.3, 0.4) is 0 Å². The average molecular weight is 358 g/mol. The van der Waals surface area contributed by atoms with Gasteiger partial charge >= 0.3 is 0 Å². The molecule has 4 heterocycles. The molecule has 0 radical (unpaired) electrons. The molecule has 5 aromatic rings. The smallest absolute Gasteiger partial charge is 0.148 e. The van der Waals surface area contributed by atoms with Crippen LogP contribution in [0.5, 0.6) is 0 Å². The van der Waals surface area contributed by atoms with Crippen molar-refractivity contribution in [2.75, 3.05) is 0 Å². The summed E-state index contributed by atoms with van der Waals surface area (Å²) in [5.41, 5.74) is 0. The first-order valence-electron chi connectivity index (χ1n) is 6.66. The van der Waals surface area contributed by atoms with Crippen LogP contribution in [0.2, 0.25) is 0 Å². The second-order valence-electron chi connectivity index (χ2n) is 4.78. The van der Waals surface area contributed by atoms with Crippen molar-refractivity contribution in [1.82, 2.24) is 0 Å². The maximum absolute atomic E-state index is 5.53. The molecule has 0 bridgehead atoms. The van der Waals surface area contributed by atoms with Gasteiger partial charge in [0.1, 0.15) is 11.5 Å². The molecule has 0 fully saturated rings. The summed E-state index contributed by atoms with van der Waals surface area (Å²) in [6.07, 6.45) is 3.47. The Kier molecular flexibility index (Phi) is 2.99. The molecule has 0 unspecified atom stereocenters. The van der Waals surface area contributed by atoms with E-state index >= 15 is 0 Å². The van der Waals surface area contributed by atoms with Crippen molar-refractivity contribution in [3.05, 3.63) is 48.9 Å². The predicted molar refractivity (Wildman–Crippen MR) is 97.6 cm³/mol. The zero-order chi connectivity index (χ0) is 14.5. The van der Waals surface area contributed by atoms with E-state index in [1.165, 1.54) is 45.2 Å². The highest BCUT2D eigenvalue weighted by Crippen LogP contribution is 2.49. The Hall–Kier alpha value is -1.44. The standard InChI is InChI=1S/C16H8O2P2S2/c1-3-9(17-5-1)15-19-11-7-14-12(8-13(11)21-15)20-16(22-14)10-4-2-6-18-10/h1-8H. The minimum Gasteiger partial charge on any atom is -0.463 e. The number of fused-ring (bicyclic) bond motifs is 2. The zero-order valence-electron chi connectivity index (χ0n) is 11.1. The summed E-state index contributed by atoms with van der Waals surface area (Å²) in [4.78, 5) is 0. The van der Waals surface area contributed by atoms with Gasteiger partial charge in [0.2, 0.25) is 0 Å². The van der Waals surface area contributed by atoms with Gasteiger partial charge in [-0.15, -0.1) is 22.7 Å². The van der Waals surface area contributed by atoms with Gasteiger partial charge in [0.25, 0.3) is 0 Å². The number of hydrogen-bond donors (Lipinski definition) is 0. The third-order valence-electron chi connectivity index (χ3n) is 3.36. The van der Waals surface area contributed by atoms with E-state index in [1.54, 1.807) is 12.5 Å². The maximum atomic E-state index is 5.53. The molecule has 2 nitrogen and oxygen atoms in total. The first-order chi connectivity index (χ1) is 10.9. The van der Waals surface area contributed by atoms with Gasteiger partial charge in [-0.2, -0.15) is 0 Å². The molecule has 1 aromatic carbocycles. The lowest BCUT2D eigenvalue weighted by Crippen LogP contribution is -1.58. The summed E-state index contributed by atoms with van der Waals surface area (Å²) in [5, 5.41) is 2.75. The molecule has 0 N–H and O–H groups in total. The van der Waals surface area contributed by atoms with Crippen LogP contribution in [0.1, 0.15) is 0 Å². The topological polar surface area (TPSA) is 26.3 Å². The van der Waals surface area contributed by atoms with Gasteiger partial charge in [-0.3, -0.25) is 0 Å². The first-order valence-corrected chi connectivity index (χ1v) is 10.1. The molecule has 0 aliphatic rings. The second-order valence-corrected chi connectivity index (χ2v) is 9.80. The van der Waals surface area contributed by atoms with Crippen LogP contribution < -0.4 is 0 Å². The number of rotatable bonds is 2. The summed E-state index contributed by atoms with van der Waals surface area (Å²) in [7, 11) is 2.49. The van der Waals surface area contributed by atoms with E-state index in [2.05, 4.69) is 12.1 Å². The van der Waals surface area contributed by atoms with E-state index in [0.717, 1.165) is 11.5 Å². The quantitative estimate of drug-likeness (QED) is 0.322. The van der Waals surface area contributed by atoms with Gasteiger partial charge < -0.3 is 8.83 Å². The Morgan fingerprint density at radius 2 is 1.23 bits per heavy atom. The van der Waals surface area contributed by atoms with E-state index < -0.39 is 0 Å². The average Bonchev–Trinajstić information content (AvgIpc) is 3.27. The minimum atomic E-state index is 0.982. The second kappa shape index (κ2) is 5.04. The SMILES string of the molecule is c1coc(-c2pc3cc4sc(-c5ccco5)pc4cc3s2)c1. The fraction of sp³-hybridized carbons (Fsp3) is 0. The molecule has 106 valence electrons. The summed E-state index contributed by atoms with van der Waals surface area (Å²) < 4.78 is 16.3. The van der Waals surface area contributed by atoms with Crippen molar-refractivity contribution >= 4 is 58.7 Å². The van der Waals surface area contributed by atoms with E-state index in [-0.39, 0.29) is 0 Å². The van der Waals surface area contributed by atoms with Crippen molar-refractivity contribution in [3.63, 3.8) is 0 Å². The lowest BCUT2D eigenvalue weighted by Gasteiger charge is -1.88. The van der Waals surface area contributed by atoms with Crippen molar-refractivity contribution in [2.24, 2.45) is 0 Å². The first kappa shape index (κ1) is 13.0. The van der Waals surface area contributed by atoms with E-state index in [9.17, 15) is 0 Å². The Morgan fingerprint density at radius 1 is 0.727 bits per heavy atom. The monoisotopic (exact) mass is 358 g/mol. The van der Waals surface area contributed by atoms with Crippen molar-refractivity contribution in [3.8, 4) is 20.7 Å². The number of hydrogen-bond acceptors (Lipinski definition) is 4. The highest BCUT2D eigenvalue weighted by molar-refractivity contribution is 7.56. The van der Waals surface area contributed by atoms with E-state index in [1.807, 2.05) is 46.9 Å². The Bertz CT molecular complexity index is 938. The summed E-state index contributed by atoms with van der Waals surface area (Å²) >= 11 is 3.65. The molecule has 5 rings (SSSR count). The molecule has 0 saturated heterocycles. The highest BCUT2D eigenvalue weighted by Gasteiger charge is 2.12. The van der Waals surface area contributed by atoms with Crippen molar-refractivity contribution in [2.45, 2.75) is 0 Å². The largest absolute Gasteiger partial charge is 0.463 e. The minimum absolute atomic E-state index is 0.982. The molecule has 6 heteroatoms. The third kappa shape index (κ3) is 2.07. The molecule has 0 atom stereocenters. The van der Waals surface area contributed by atoms with Gasteiger partial charge in [0.05, 0.1) is 21.7 Å². The Balaban J connectivity index is 1.69. The van der Waals surface area contributed by atoms with Gasteiger partial charge in [0, 0.05) is 19.6 Å². The molecule has 0 spiro atoms. The van der Waals surface area contributed by atoms with Crippen molar-refractivity contribution < 1.29 is 8.83 Å². The van der Waals surface area contributed by atoms with Crippen LogP contribution in [0.25, 0.3) is 40.4 Å². The van der Waals surface area contributed by atoms with Crippen LogP contribution in [0.4, 0.5) is 0 Å². The number of furan rings is 2. The molecule has 0 saturated carbocycles. The van der Waals surface area contributed by atoms with Crippen LogP contribution in [-0.4, -0.2) is 0 Å². The van der Waals surface area contributed by atoms with Crippen LogP contribution in [0.15, 0.2) is 57.8 Å². The molecule has 22 heavy (non-hydrogen) atoms. The van der Waals surface area contributed by atoms with Gasteiger partial charge in [-0.25, -0.2) is 0 Å². The van der Waals surface area contributed by atoms with Crippen LogP contribution in [-0.2, 0) is 0 Å². The predicted octanol–water partition coefficient (Wildman–Crippen LogP) is 7.80. The summed E-state index contributed by atoms with van der Waals surface area (Å²) in [5.74, 6) is 1.96. The number of benzene rings is 1. The Morgan fingerprint density at radius 3 is 1.64 bits per heavy atom. The molecular weight excluding hydrogens is 350 g/mol. The fourth-order valence-corrected chi connectivity index (χ4v) is 7.81. The van der Waals surface area contributed by atoms with Crippen LogP contribution >= 0.6 is 39.1 Å².